The fourth-order valence-corrected chi connectivity index (χ4v) is 3.74. The predicted octanol–water partition coefficient (Wildman–Crippen LogP) is 4.04. The van der Waals surface area contributed by atoms with Crippen LogP contribution < -0.4 is 4.72 Å². The molecule has 150 valence electrons. The molecule has 3 aromatic carbocycles. The zero-order valence-electron chi connectivity index (χ0n) is 15.5. The third-order valence-corrected chi connectivity index (χ3v) is 5.62. The van der Waals surface area contributed by atoms with Crippen LogP contribution in [0.5, 0.6) is 0 Å². The van der Waals surface area contributed by atoms with E-state index in [1.54, 1.807) is 18.2 Å². The van der Waals surface area contributed by atoms with Crippen LogP contribution in [0.3, 0.4) is 0 Å². The van der Waals surface area contributed by atoms with Gasteiger partial charge >= 0.3 is 0 Å². The summed E-state index contributed by atoms with van der Waals surface area (Å²) in [6.45, 7) is 0.0810. The molecule has 1 amide bonds. The van der Waals surface area contributed by atoms with Crippen LogP contribution in [0.25, 0.3) is 0 Å². The van der Waals surface area contributed by atoms with Crippen LogP contribution in [-0.4, -0.2) is 26.3 Å². The highest BCUT2D eigenvalue weighted by Crippen LogP contribution is 2.18. The number of halogens is 2. The lowest BCUT2D eigenvalue weighted by molar-refractivity contribution is 0.0783. The van der Waals surface area contributed by atoms with E-state index >= 15 is 0 Å². The van der Waals surface area contributed by atoms with Gasteiger partial charge in [0.2, 0.25) is 0 Å². The highest BCUT2D eigenvalue weighted by atomic mass is 32.2. The Balaban J connectivity index is 1.72. The Morgan fingerprint density at radius 3 is 2.17 bits per heavy atom. The van der Waals surface area contributed by atoms with Crippen molar-refractivity contribution in [2.24, 2.45) is 0 Å². The number of sulfonamides is 1. The molecule has 0 saturated carbocycles. The second kappa shape index (κ2) is 8.40. The number of anilines is 1. The molecule has 0 fully saturated rings. The molecule has 0 aliphatic rings. The Morgan fingerprint density at radius 1 is 0.931 bits per heavy atom. The normalized spacial score (nSPS) is 11.1. The van der Waals surface area contributed by atoms with Gasteiger partial charge in [-0.2, -0.15) is 0 Å². The first-order valence-corrected chi connectivity index (χ1v) is 10.1. The molecule has 0 atom stereocenters. The summed E-state index contributed by atoms with van der Waals surface area (Å²) in [5.74, 6) is -1.25. The van der Waals surface area contributed by atoms with E-state index < -0.39 is 21.7 Å². The molecule has 0 spiro atoms. The number of amides is 1. The molecule has 5 nitrogen and oxygen atoms in total. The lowest BCUT2D eigenvalue weighted by atomic mass is 10.1. The molecule has 29 heavy (non-hydrogen) atoms. The Morgan fingerprint density at radius 2 is 1.55 bits per heavy atom. The quantitative estimate of drug-likeness (QED) is 0.660. The minimum atomic E-state index is -3.89. The van der Waals surface area contributed by atoms with E-state index in [1.807, 2.05) is 0 Å². The first-order valence-electron chi connectivity index (χ1n) is 8.63. The van der Waals surface area contributed by atoms with E-state index in [2.05, 4.69) is 4.72 Å². The van der Waals surface area contributed by atoms with Crippen molar-refractivity contribution in [1.82, 2.24) is 4.90 Å². The summed E-state index contributed by atoms with van der Waals surface area (Å²) in [5, 5.41) is 0. The van der Waals surface area contributed by atoms with Gasteiger partial charge in [0.1, 0.15) is 11.6 Å². The molecule has 3 aromatic rings. The second-order valence-electron chi connectivity index (χ2n) is 6.39. The monoisotopic (exact) mass is 416 g/mol. The van der Waals surface area contributed by atoms with E-state index in [4.69, 9.17) is 0 Å². The fraction of sp³-hybridized carbons (Fsp3) is 0.0952. The van der Waals surface area contributed by atoms with Gasteiger partial charge in [0, 0.05) is 30.4 Å². The van der Waals surface area contributed by atoms with Gasteiger partial charge in [-0.25, -0.2) is 17.2 Å². The van der Waals surface area contributed by atoms with Crippen LogP contribution in [0.2, 0.25) is 0 Å². The third-order valence-electron chi connectivity index (χ3n) is 4.22. The number of hydrogen-bond donors (Lipinski definition) is 1. The maximum atomic E-state index is 13.8. The molecule has 3 rings (SSSR count). The Kier molecular flexibility index (Phi) is 5.93. The number of rotatable bonds is 6. The number of nitrogens with zero attached hydrogens (tertiary/aromatic N) is 1. The van der Waals surface area contributed by atoms with Gasteiger partial charge in [0.05, 0.1) is 4.90 Å². The first kappa shape index (κ1) is 20.5. The Bertz CT molecular complexity index is 1120. The minimum Gasteiger partial charge on any atom is -0.337 e. The average molecular weight is 416 g/mol. The van der Waals surface area contributed by atoms with Crippen molar-refractivity contribution in [2.45, 2.75) is 11.4 Å². The van der Waals surface area contributed by atoms with Crippen molar-refractivity contribution >= 4 is 21.6 Å². The number of carbonyl (C=O) groups excluding carboxylic acids is 1. The molecule has 8 heteroatoms. The van der Waals surface area contributed by atoms with Crippen LogP contribution in [0.4, 0.5) is 14.5 Å². The van der Waals surface area contributed by atoms with Crippen molar-refractivity contribution in [3.8, 4) is 0 Å². The standard InChI is InChI=1S/C21H18F2N2O3S/c1-25(14-16-4-2-3-5-20(16)23)21(26)15-6-12-19(13-7-15)29(27,28)24-18-10-8-17(22)9-11-18/h2-13,24H,14H2,1H3. The molecule has 0 unspecified atom stereocenters. The smallest absolute Gasteiger partial charge is 0.261 e. The summed E-state index contributed by atoms with van der Waals surface area (Å²) in [7, 11) is -2.35. The van der Waals surface area contributed by atoms with Crippen molar-refractivity contribution < 1.29 is 22.0 Å². The van der Waals surface area contributed by atoms with Crippen LogP contribution in [0, 0.1) is 11.6 Å². The summed E-state index contributed by atoms with van der Waals surface area (Å²) in [4.78, 5) is 13.8. The van der Waals surface area contributed by atoms with Gasteiger partial charge < -0.3 is 4.90 Å². The largest absolute Gasteiger partial charge is 0.337 e. The van der Waals surface area contributed by atoms with Gasteiger partial charge in [0.25, 0.3) is 15.9 Å². The molecule has 0 saturated heterocycles. The first-order chi connectivity index (χ1) is 13.8. The van der Waals surface area contributed by atoms with Crippen LogP contribution >= 0.6 is 0 Å². The van der Waals surface area contributed by atoms with E-state index in [9.17, 15) is 22.0 Å². The average Bonchev–Trinajstić information content (AvgIpc) is 2.71. The minimum absolute atomic E-state index is 0.0462. The van der Waals surface area contributed by atoms with E-state index in [1.165, 1.54) is 54.4 Å². The molecule has 0 radical (unpaired) electrons. The SMILES string of the molecule is CN(Cc1ccccc1F)C(=O)c1ccc(S(=O)(=O)Nc2ccc(F)cc2)cc1. The number of hydrogen-bond acceptors (Lipinski definition) is 3. The van der Waals surface area contributed by atoms with Crippen molar-refractivity contribution in [3.63, 3.8) is 0 Å². The molecule has 0 bridgehead atoms. The summed E-state index contributed by atoms with van der Waals surface area (Å²) in [6, 6.07) is 16.5. The zero-order valence-corrected chi connectivity index (χ0v) is 16.3. The maximum Gasteiger partial charge on any atom is 0.261 e. The molecule has 0 aromatic heterocycles. The van der Waals surface area contributed by atoms with Crippen molar-refractivity contribution in [1.29, 1.82) is 0 Å². The van der Waals surface area contributed by atoms with E-state index in [0.717, 1.165) is 12.1 Å². The fourth-order valence-electron chi connectivity index (χ4n) is 2.68. The maximum absolute atomic E-state index is 13.8. The number of carbonyl (C=O) groups is 1. The lowest BCUT2D eigenvalue weighted by Crippen LogP contribution is -2.26. The van der Waals surface area contributed by atoms with Gasteiger partial charge in [-0.05, 0) is 54.6 Å². The molecule has 0 aliphatic carbocycles. The number of benzene rings is 3. The Labute approximate surface area is 167 Å². The third kappa shape index (κ3) is 4.97. The van der Waals surface area contributed by atoms with Crippen molar-refractivity contribution in [2.75, 3.05) is 11.8 Å². The molecule has 1 N–H and O–H groups in total. The van der Waals surface area contributed by atoms with Crippen LogP contribution in [0.15, 0.2) is 77.7 Å². The van der Waals surface area contributed by atoms with Crippen molar-refractivity contribution in [3.05, 3.63) is 95.6 Å². The summed E-state index contributed by atoms with van der Waals surface area (Å²) >= 11 is 0. The summed E-state index contributed by atoms with van der Waals surface area (Å²) < 4.78 is 53.9. The Hall–Kier alpha value is -3.26. The number of nitrogens with one attached hydrogen (secondary N) is 1. The van der Waals surface area contributed by atoms with Gasteiger partial charge in [-0.3, -0.25) is 9.52 Å². The predicted molar refractivity (Wildman–Crippen MR) is 106 cm³/mol. The molecule has 0 aliphatic heterocycles. The lowest BCUT2D eigenvalue weighted by Gasteiger charge is -2.18. The summed E-state index contributed by atoms with van der Waals surface area (Å²) in [5.41, 5.74) is 0.867. The van der Waals surface area contributed by atoms with Crippen LogP contribution in [0.1, 0.15) is 15.9 Å². The van der Waals surface area contributed by atoms with Gasteiger partial charge in [0.15, 0.2) is 0 Å². The molecular weight excluding hydrogens is 398 g/mol. The van der Waals surface area contributed by atoms with E-state index in [0.29, 0.717) is 5.56 Å². The van der Waals surface area contributed by atoms with Crippen LogP contribution in [-0.2, 0) is 16.6 Å². The van der Waals surface area contributed by atoms with E-state index in [-0.39, 0.29) is 28.6 Å². The molecular formula is C21H18F2N2O3S. The summed E-state index contributed by atoms with van der Waals surface area (Å²) in [6.07, 6.45) is 0. The second-order valence-corrected chi connectivity index (χ2v) is 8.07. The zero-order chi connectivity index (χ0) is 21.0. The highest BCUT2D eigenvalue weighted by molar-refractivity contribution is 7.92. The molecule has 0 heterocycles. The highest BCUT2D eigenvalue weighted by Gasteiger charge is 2.17. The van der Waals surface area contributed by atoms with Gasteiger partial charge in [-0.1, -0.05) is 18.2 Å². The van der Waals surface area contributed by atoms with Gasteiger partial charge in [-0.15, -0.1) is 0 Å². The topological polar surface area (TPSA) is 66.5 Å².